The lowest BCUT2D eigenvalue weighted by Gasteiger charge is -2.31. The lowest BCUT2D eigenvalue weighted by molar-refractivity contribution is 0.0694. The minimum atomic E-state index is -0.0311. The van der Waals surface area contributed by atoms with Gasteiger partial charge in [-0.1, -0.05) is 17.3 Å². The zero-order valence-electron chi connectivity index (χ0n) is 13.9. The minimum absolute atomic E-state index is 0.0311. The van der Waals surface area contributed by atoms with E-state index in [4.69, 9.17) is 9.51 Å². The molecule has 2 fully saturated rings. The monoisotopic (exact) mass is 336 g/mol. The van der Waals surface area contributed by atoms with Crippen molar-refractivity contribution in [3.8, 4) is 0 Å². The van der Waals surface area contributed by atoms with E-state index < -0.39 is 0 Å². The molecule has 1 aliphatic heterocycles. The first-order valence-corrected chi connectivity index (χ1v) is 8.98. The molecule has 25 heavy (non-hydrogen) atoms. The van der Waals surface area contributed by atoms with Crippen LogP contribution in [0.2, 0.25) is 0 Å². The van der Waals surface area contributed by atoms with E-state index in [0.717, 1.165) is 54.8 Å². The van der Waals surface area contributed by atoms with Crippen LogP contribution in [0.25, 0.3) is 11.0 Å². The normalized spacial score (nSPS) is 21.0. The Hall–Kier alpha value is -2.63. The van der Waals surface area contributed by atoms with Gasteiger partial charge in [0, 0.05) is 31.0 Å². The predicted octanol–water partition coefficient (Wildman–Crippen LogP) is 3.45. The molecule has 0 bridgehead atoms. The molecular weight excluding hydrogens is 316 g/mol. The molecule has 1 N–H and O–H groups in total. The fraction of sp³-hybridized carbons (Fsp3) is 0.421. The fourth-order valence-electron chi connectivity index (χ4n) is 3.66. The molecule has 0 radical (unpaired) electrons. The van der Waals surface area contributed by atoms with E-state index in [1.165, 1.54) is 0 Å². The van der Waals surface area contributed by atoms with Crippen molar-refractivity contribution >= 4 is 16.9 Å². The first-order valence-electron chi connectivity index (χ1n) is 8.98. The summed E-state index contributed by atoms with van der Waals surface area (Å²) in [6.07, 6.45) is 4.29. The lowest BCUT2D eigenvalue weighted by Crippen LogP contribution is -2.39. The molecule has 128 valence electrons. The second-order valence-corrected chi connectivity index (χ2v) is 7.12. The highest BCUT2D eigenvalue weighted by Crippen LogP contribution is 2.40. The summed E-state index contributed by atoms with van der Waals surface area (Å²) in [5.74, 6) is 2.50. The van der Waals surface area contributed by atoms with Gasteiger partial charge in [0.05, 0.1) is 11.0 Å². The number of fused-ring (bicyclic) bond motifs is 1. The van der Waals surface area contributed by atoms with E-state index in [9.17, 15) is 4.79 Å². The number of hydrogen-bond donors (Lipinski definition) is 1. The van der Waals surface area contributed by atoms with Crippen molar-refractivity contribution in [2.45, 2.75) is 37.5 Å². The molecular formula is C19H20N4O2. The number of carbonyl (C=O) groups is 1. The molecule has 1 aliphatic carbocycles. The predicted molar refractivity (Wildman–Crippen MR) is 92.5 cm³/mol. The van der Waals surface area contributed by atoms with Crippen LogP contribution in [-0.4, -0.2) is 39.0 Å². The van der Waals surface area contributed by atoms with Gasteiger partial charge in [0.25, 0.3) is 5.91 Å². The zero-order valence-corrected chi connectivity index (χ0v) is 13.9. The van der Waals surface area contributed by atoms with Gasteiger partial charge in [0.2, 0.25) is 0 Å². The number of rotatable bonds is 3. The van der Waals surface area contributed by atoms with Crippen LogP contribution in [-0.2, 0) is 0 Å². The minimum Gasteiger partial charge on any atom is -0.360 e. The van der Waals surface area contributed by atoms with Crippen molar-refractivity contribution in [2.75, 3.05) is 13.1 Å². The molecule has 0 spiro atoms. The van der Waals surface area contributed by atoms with Crippen molar-refractivity contribution < 1.29 is 9.32 Å². The third-order valence-electron chi connectivity index (χ3n) is 5.23. The van der Waals surface area contributed by atoms with Gasteiger partial charge < -0.3 is 14.4 Å². The number of aromatic amines is 1. The Bertz CT molecular complexity index is 891. The summed E-state index contributed by atoms with van der Waals surface area (Å²) in [6.45, 7) is 1.44. The van der Waals surface area contributed by atoms with Gasteiger partial charge in [-0.3, -0.25) is 4.79 Å². The average Bonchev–Trinajstić information content (AvgIpc) is 3.22. The molecule has 1 atom stereocenters. The summed E-state index contributed by atoms with van der Waals surface area (Å²) in [5.41, 5.74) is 2.46. The third-order valence-corrected chi connectivity index (χ3v) is 5.23. The van der Waals surface area contributed by atoms with Gasteiger partial charge in [-0.15, -0.1) is 0 Å². The standard InChI is InChI=1S/C19H20N4O2/c24-19(16-10-17(25-22-16)12-7-8-12)23-9-3-4-13(11-23)18-20-14-5-1-2-6-15(14)21-18/h1-2,5-6,10,12-13H,3-4,7-9,11H2,(H,20,21). The molecule has 3 heterocycles. The summed E-state index contributed by atoms with van der Waals surface area (Å²) in [7, 11) is 0. The Labute approximate surface area is 145 Å². The first kappa shape index (κ1) is 14.7. The number of benzene rings is 1. The lowest BCUT2D eigenvalue weighted by atomic mass is 9.97. The number of piperidine rings is 1. The number of H-pyrrole nitrogens is 1. The number of nitrogens with one attached hydrogen (secondary N) is 1. The quantitative estimate of drug-likeness (QED) is 0.795. The van der Waals surface area contributed by atoms with Gasteiger partial charge in [0.15, 0.2) is 5.69 Å². The molecule has 1 aromatic carbocycles. The number of nitrogens with zero attached hydrogens (tertiary/aromatic N) is 3. The summed E-state index contributed by atoms with van der Waals surface area (Å²) in [5, 5.41) is 4.00. The van der Waals surface area contributed by atoms with E-state index in [1.54, 1.807) is 0 Å². The van der Waals surface area contributed by atoms with Crippen LogP contribution in [0.5, 0.6) is 0 Å². The Morgan fingerprint density at radius 2 is 2.08 bits per heavy atom. The second kappa shape index (κ2) is 5.72. The molecule has 5 rings (SSSR count). The van der Waals surface area contributed by atoms with Gasteiger partial charge >= 0.3 is 0 Å². The maximum Gasteiger partial charge on any atom is 0.276 e. The van der Waals surface area contributed by atoms with E-state index >= 15 is 0 Å². The number of para-hydroxylation sites is 2. The van der Waals surface area contributed by atoms with Crippen LogP contribution in [0, 0.1) is 0 Å². The smallest absolute Gasteiger partial charge is 0.276 e. The van der Waals surface area contributed by atoms with E-state index in [2.05, 4.69) is 10.1 Å². The second-order valence-electron chi connectivity index (χ2n) is 7.12. The Kier molecular flexibility index (Phi) is 3.36. The molecule has 6 heteroatoms. The van der Waals surface area contributed by atoms with Crippen molar-refractivity contribution in [1.29, 1.82) is 0 Å². The third kappa shape index (κ3) is 2.71. The molecule has 1 unspecified atom stereocenters. The van der Waals surface area contributed by atoms with Gasteiger partial charge in [-0.25, -0.2) is 4.98 Å². The van der Waals surface area contributed by atoms with Crippen LogP contribution in [0.3, 0.4) is 0 Å². The Morgan fingerprint density at radius 3 is 2.92 bits per heavy atom. The molecule has 3 aromatic rings. The molecule has 2 aliphatic rings. The topological polar surface area (TPSA) is 75.0 Å². The van der Waals surface area contributed by atoms with E-state index in [1.807, 2.05) is 35.2 Å². The van der Waals surface area contributed by atoms with E-state index in [0.29, 0.717) is 18.2 Å². The summed E-state index contributed by atoms with van der Waals surface area (Å²) in [4.78, 5) is 22.8. The number of likely N-dealkylation sites (tertiary alicyclic amines) is 1. The maximum absolute atomic E-state index is 12.8. The number of hydrogen-bond acceptors (Lipinski definition) is 4. The van der Waals surface area contributed by atoms with E-state index in [-0.39, 0.29) is 11.8 Å². The van der Waals surface area contributed by atoms with Crippen LogP contribution in [0.1, 0.15) is 59.6 Å². The number of aromatic nitrogens is 3. The zero-order chi connectivity index (χ0) is 16.8. The van der Waals surface area contributed by atoms with Gasteiger partial charge in [-0.2, -0.15) is 0 Å². The van der Waals surface area contributed by atoms with Crippen LogP contribution in [0.15, 0.2) is 34.9 Å². The van der Waals surface area contributed by atoms with Crippen LogP contribution >= 0.6 is 0 Å². The molecule has 1 saturated heterocycles. The number of imidazole rings is 1. The molecule has 6 nitrogen and oxygen atoms in total. The average molecular weight is 336 g/mol. The highest BCUT2D eigenvalue weighted by atomic mass is 16.5. The van der Waals surface area contributed by atoms with Crippen LogP contribution < -0.4 is 0 Å². The number of amides is 1. The highest BCUT2D eigenvalue weighted by molar-refractivity contribution is 5.92. The van der Waals surface area contributed by atoms with Crippen LogP contribution in [0.4, 0.5) is 0 Å². The Morgan fingerprint density at radius 1 is 1.20 bits per heavy atom. The largest absolute Gasteiger partial charge is 0.360 e. The Balaban J connectivity index is 1.35. The highest BCUT2D eigenvalue weighted by Gasteiger charge is 2.32. The summed E-state index contributed by atoms with van der Waals surface area (Å²) >= 11 is 0. The van der Waals surface area contributed by atoms with Crippen molar-refractivity contribution in [3.63, 3.8) is 0 Å². The SMILES string of the molecule is O=C(c1cc(C2CC2)on1)N1CCCC(c2nc3ccccc3[nH]2)C1. The van der Waals surface area contributed by atoms with Crippen molar-refractivity contribution in [1.82, 2.24) is 20.0 Å². The first-order chi connectivity index (χ1) is 12.3. The van der Waals surface area contributed by atoms with Gasteiger partial charge in [-0.05, 0) is 37.8 Å². The summed E-state index contributed by atoms with van der Waals surface area (Å²) < 4.78 is 5.34. The van der Waals surface area contributed by atoms with Crippen molar-refractivity contribution in [3.05, 3.63) is 47.6 Å². The maximum atomic E-state index is 12.8. The molecule has 1 saturated carbocycles. The van der Waals surface area contributed by atoms with Crippen molar-refractivity contribution in [2.24, 2.45) is 0 Å². The molecule has 1 amide bonds. The summed E-state index contributed by atoms with van der Waals surface area (Å²) in [6, 6.07) is 9.86. The fourth-order valence-corrected chi connectivity index (χ4v) is 3.66. The number of carbonyl (C=O) groups excluding carboxylic acids is 1. The molecule has 2 aromatic heterocycles. The van der Waals surface area contributed by atoms with Gasteiger partial charge in [0.1, 0.15) is 11.6 Å².